The number of pyridine rings is 1. The summed E-state index contributed by atoms with van der Waals surface area (Å²) < 4.78 is 4.94. The molecule has 0 saturated heterocycles. The van der Waals surface area contributed by atoms with Crippen LogP contribution in [-0.4, -0.2) is 22.9 Å². The number of carbonyl (C=O) groups excluding carboxylic acids is 1. The highest BCUT2D eigenvalue weighted by Crippen LogP contribution is 2.22. The average molecular weight is 322 g/mol. The van der Waals surface area contributed by atoms with Gasteiger partial charge in [0.05, 0.1) is 22.6 Å². The van der Waals surface area contributed by atoms with Crippen LogP contribution >= 0.6 is 11.6 Å². The van der Waals surface area contributed by atoms with Crippen molar-refractivity contribution >= 4 is 23.2 Å². The number of non-ortho nitro benzene ring substituents is 1. The van der Waals surface area contributed by atoms with Crippen LogP contribution in [0.25, 0.3) is 0 Å². The lowest BCUT2D eigenvalue weighted by Crippen LogP contribution is -2.23. The van der Waals surface area contributed by atoms with E-state index in [1.807, 2.05) is 0 Å². The summed E-state index contributed by atoms with van der Waals surface area (Å²) in [5.74, 6) is -0.0266. The van der Waals surface area contributed by atoms with Gasteiger partial charge in [-0.05, 0) is 11.6 Å². The van der Waals surface area contributed by atoms with Gasteiger partial charge in [0.1, 0.15) is 0 Å². The van der Waals surface area contributed by atoms with Crippen LogP contribution in [0.2, 0.25) is 5.02 Å². The van der Waals surface area contributed by atoms with Gasteiger partial charge in [-0.15, -0.1) is 0 Å². The normalized spacial score (nSPS) is 10.1. The van der Waals surface area contributed by atoms with Crippen molar-refractivity contribution in [3.05, 3.63) is 62.8 Å². The maximum Gasteiger partial charge on any atom is 0.270 e. The number of amides is 1. The van der Waals surface area contributed by atoms with Crippen LogP contribution < -0.4 is 10.1 Å². The molecule has 0 aliphatic rings. The number of ether oxygens (including phenoxy) is 1. The standard InChI is InChI=1S/C14H12ClN3O4/c1-22-13-5-2-9(7-16-13)8-17-14(19)11-6-10(18(20)21)3-4-12(11)15/h2-7H,8H2,1H3,(H,17,19). The molecular formula is C14H12ClN3O4. The van der Waals surface area contributed by atoms with Gasteiger partial charge < -0.3 is 10.1 Å². The van der Waals surface area contributed by atoms with Crippen LogP contribution in [0.5, 0.6) is 5.88 Å². The number of aromatic nitrogens is 1. The molecule has 22 heavy (non-hydrogen) atoms. The molecule has 0 spiro atoms. The predicted octanol–water partition coefficient (Wildman–Crippen LogP) is 2.58. The summed E-state index contributed by atoms with van der Waals surface area (Å²) >= 11 is 5.90. The first-order valence-corrected chi connectivity index (χ1v) is 6.60. The van der Waals surface area contributed by atoms with E-state index in [2.05, 4.69) is 10.3 Å². The summed E-state index contributed by atoms with van der Waals surface area (Å²) in [6.07, 6.45) is 1.56. The first-order chi connectivity index (χ1) is 10.5. The van der Waals surface area contributed by atoms with Gasteiger partial charge in [0.2, 0.25) is 5.88 Å². The molecule has 7 nitrogen and oxygen atoms in total. The zero-order valence-corrected chi connectivity index (χ0v) is 12.3. The van der Waals surface area contributed by atoms with Gasteiger partial charge in [-0.1, -0.05) is 17.7 Å². The van der Waals surface area contributed by atoms with Crippen LogP contribution in [0.3, 0.4) is 0 Å². The Morgan fingerprint density at radius 2 is 2.18 bits per heavy atom. The molecule has 0 radical (unpaired) electrons. The molecule has 0 aliphatic heterocycles. The van der Waals surface area contributed by atoms with E-state index in [9.17, 15) is 14.9 Å². The second-order valence-electron chi connectivity index (χ2n) is 4.31. The van der Waals surface area contributed by atoms with Crippen molar-refractivity contribution in [2.45, 2.75) is 6.54 Å². The van der Waals surface area contributed by atoms with Crippen LogP contribution in [0, 0.1) is 10.1 Å². The molecule has 0 unspecified atom stereocenters. The Morgan fingerprint density at radius 1 is 1.41 bits per heavy atom. The maximum atomic E-state index is 12.1. The number of nitrogens with one attached hydrogen (secondary N) is 1. The van der Waals surface area contributed by atoms with Gasteiger partial charge >= 0.3 is 0 Å². The summed E-state index contributed by atoms with van der Waals surface area (Å²) in [6, 6.07) is 7.13. The Morgan fingerprint density at radius 3 is 2.77 bits per heavy atom. The number of benzene rings is 1. The summed E-state index contributed by atoms with van der Waals surface area (Å²) in [4.78, 5) is 26.2. The highest BCUT2D eigenvalue weighted by Gasteiger charge is 2.15. The lowest BCUT2D eigenvalue weighted by Gasteiger charge is -2.07. The largest absolute Gasteiger partial charge is 0.481 e. The topological polar surface area (TPSA) is 94.4 Å². The fraction of sp³-hybridized carbons (Fsp3) is 0.143. The summed E-state index contributed by atoms with van der Waals surface area (Å²) in [5, 5.41) is 13.5. The van der Waals surface area contributed by atoms with Crippen LogP contribution in [0.15, 0.2) is 36.5 Å². The Bertz CT molecular complexity index is 704. The number of nitro groups is 1. The van der Waals surface area contributed by atoms with E-state index in [0.29, 0.717) is 5.88 Å². The zero-order valence-electron chi connectivity index (χ0n) is 11.6. The van der Waals surface area contributed by atoms with Crippen molar-refractivity contribution in [1.29, 1.82) is 0 Å². The molecule has 1 N–H and O–H groups in total. The Balaban J connectivity index is 2.08. The number of nitro benzene ring substituents is 1. The number of methoxy groups -OCH3 is 1. The van der Waals surface area contributed by atoms with E-state index < -0.39 is 10.8 Å². The molecule has 2 rings (SSSR count). The zero-order chi connectivity index (χ0) is 16.1. The van der Waals surface area contributed by atoms with Crippen LogP contribution in [-0.2, 0) is 6.54 Å². The van der Waals surface area contributed by atoms with Crippen LogP contribution in [0.4, 0.5) is 5.69 Å². The molecule has 0 bridgehead atoms. The Kier molecular flexibility index (Phi) is 4.90. The maximum absolute atomic E-state index is 12.1. The van der Waals surface area contributed by atoms with Crippen molar-refractivity contribution in [3.8, 4) is 5.88 Å². The third kappa shape index (κ3) is 3.70. The molecule has 1 amide bonds. The molecule has 0 atom stereocenters. The highest BCUT2D eigenvalue weighted by atomic mass is 35.5. The Hall–Kier alpha value is -2.67. The molecule has 114 valence electrons. The van der Waals surface area contributed by atoms with Crippen molar-refractivity contribution in [2.24, 2.45) is 0 Å². The number of hydrogen-bond donors (Lipinski definition) is 1. The minimum Gasteiger partial charge on any atom is -0.481 e. The lowest BCUT2D eigenvalue weighted by atomic mass is 10.2. The number of carbonyl (C=O) groups is 1. The van der Waals surface area contributed by atoms with Gasteiger partial charge in [0.25, 0.3) is 11.6 Å². The monoisotopic (exact) mass is 321 g/mol. The van der Waals surface area contributed by atoms with Crippen molar-refractivity contribution in [2.75, 3.05) is 7.11 Å². The van der Waals surface area contributed by atoms with Crippen molar-refractivity contribution in [1.82, 2.24) is 10.3 Å². The van der Waals surface area contributed by atoms with E-state index in [0.717, 1.165) is 11.6 Å². The molecule has 1 aromatic heterocycles. The third-order valence-corrected chi connectivity index (χ3v) is 3.19. The first-order valence-electron chi connectivity index (χ1n) is 6.22. The quantitative estimate of drug-likeness (QED) is 0.674. The van der Waals surface area contributed by atoms with E-state index in [4.69, 9.17) is 16.3 Å². The van der Waals surface area contributed by atoms with Crippen molar-refractivity contribution in [3.63, 3.8) is 0 Å². The number of halogens is 1. The molecule has 8 heteroatoms. The molecule has 1 heterocycles. The van der Waals surface area contributed by atoms with Gasteiger partial charge in [-0.3, -0.25) is 14.9 Å². The third-order valence-electron chi connectivity index (χ3n) is 2.87. The summed E-state index contributed by atoms with van der Waals surface area (Å²) in [6.45, 7) is 0.217. The molecule has 0 saturated carbocycles. The predicted molar refractivity (Wildman–Crippen MR) is 80.1 cm³/mol. The number of rotatable bonds is 5. The van der Waals surface area contributed by atoms with E-state index in [1.165, 1.54) is 19.2 Å². The first kappa shape index (κ1) is 15.7. The highest BCUT2D eigenvalue weighted by molar-refractivity contribution is 6.33. The van der Waals surface area contributed by atoms with E-state index >= 15 is 0 Å². The van der Waals surface area contributed by atoms with Gasteiger partial charge in [0.15, 0.2) is 0 Å². The molecule has 0 aliphatic carbocycles. The van der Waals surface area contributed by atoms with E-state index in [1.54, 1.807) is 18.3 Å². The number of hydrogen-bond acceptors (Lipinski definition) is 5. The van der Waals surface area contributed by atoms with Gasteiger partial charge in [0, 0.05) is 30.9 Å². The molecule has 1 aromatic carbocycles. The SMILES string of the molecule is COc1ccc(CNC(=O)c2cc([N+](=O)[O-])ccc2Cl)cn1. The van der Waals surface area contributed by atoms with E-state index in [-0.39, 0.29) is 22.8 Å². The fourth-order valence-corrected chi connectivity index (χ4v) is 1.92. The molecule has 2 aromatic rings. The molecule has 0 fully saturated rings. The lowest BCUT2D eigenvalue weighted by molar-refractivity contribution is -0.384. The van der Waals surface area contributed by atoms with Gasteiger partial charge in [-0.25, -0.2) is 4.98 Å². The number of nitrogens with zero attached hydrogens (tertiary/aromatic N) is 2. The second-order valence-corrected chi connectivity index (χ2v) is 4.72. The fourth-order valence-electron chi connectivity index (χ4n) is 1.71. The second kappa shape index (κ2) is 6.86. The van der Waals surface area contributed by atoms with Crippen LogP contribution in [0.1, 0.15) is 15.9 Å². The average Bonchev–Trinajstić information content (AvgIpc) is 2.53. The summed E-state index contributed by atoms with van der Waals surface area (Å²) in [5.41, 5.74) is 0.619. The Labute approximate surface area is 131 Å². The minimum absolute atomic E-state index is 0.0531. The van der Waals surface area contributed by atoms with Crippen molar-refractivity contribution < 1.29 is 14.5 Å². The minimum atomic E-state index is -0.583. The smallest absolute Gasteiger partial charge is 0.270 e. The summed E-state index contributed by atoms with van der Waals surface area (Å²) in [7, 11) is 1.51. The van der Waals surface area contributed by atoms with Gasteiger partial charge in [-0.2, -0.15) is 0 Å². The molecular weight excluding hydrogens is 310 g/mol.